The Bertz CT molecular complexity index is 937. The van der Waals surface area contributed by atoms with Crippen LogP contribution in [0.4, 0.5) is 0 Å². The topological polar surface area (TPSA) is 68.5 Å². The zero-order valence-electron chi connectivity index (χ0n) is 16.7. The first-order valence-corrected chi connectivity index (χ1v) is 9.34. The van der Waals surface area contributed by atoms with Crippen LogP contribution in [0.3, 0.4) is 0 Å². The van der Waals surface area contributed by atoms with E-state index in [0.29, 0.717) is 18.1 Å². The van der Waals surface area contributed by atoms with Gasteiger partial charge in [0.2, 0.25) is 11.7 Å². The highest BCUT2D eigenvalue weighted by Crippen LogP contribution is 2.22. The van der Waals surface area contributed by atoms with E-state index in [0.717, 1.165) is 22.4 Å². The van der Waals surface area contributed by atoms with Gasteiger partial charge in [0.15, 0.2) is 6.10 Å². The summed E-state index contributed by atoms with van der Waals surface area (Å²) in [5, 5.41) is 4.00. The lowest BCUT2D eigenvalue weighted by Gasteiger charge is -2.23. The van der Waals surface area contributed by atoms with Crippen LogP contribution in [0.5, 0.6) is 5.75 Å². The molecule has 0 saturated carbocycles. The zero-order chi connectivity index (χ0) is 20.1. The molecule has 1 aromatic heterocycles. The van der Waals surface area contributed by atoms with E-state index >= 15 is 0 Å². The number of likely N-dealkylation sites (N-methyl/N-ethyl adjacent to an activating group) is 1. The lowest BCUT2D eigenvalue weighted by atomic mass is 10.1. The molecule has 146 valence electrons. The minimum absolute atomic E-state index is 0.122. The Kier molecular flexibility index (Phi) is 6.09. The number of carbonyl (C=O) groups excluding carboxylic acids is 1. The molecule has 0 radical (unpaired) electrons. The van der Waals surface area contributed by atoms with Gasteiger partial charge < -0.3 is 14.2 Å². The molecule has 6 heteroatoms. The maximum Gasteiger partial charge on any atom is 0.263 e. The van der Waals surface area contributed by atoms with E-state index in [-0.39, 0.29) is 12.5 Å². The van der Waals surface area contributed by atoms with Crippen LogP contribution in [0.25, 0.3) is 11.4 Å². The van der Waals surface area contributed by atoms with Crippen LogP contribution in [-0.4, -0.2) is 34.1 Å². The van der Waals surface area contributed by atoms with Crippen molar-refractivity contribution in [3.63, 3.8) is 0 Å². The molecule has 2 aromatic carbocycles. The van der Waals surface area contributed by atoms with E-state index in [1.165, 1.54) is 0 Å². The van der Waals surface area contributed by atoms with Crippen LogP contribution in [0.15, 0.2) is 53.1 Å². The molecule has 0 unspecified atom stereocenters. The molecule has 0 aliphatic rings. The Balaban J connectivity index is 1.67. The van der Waals surface area contributed by atoms with Gasteiger partial charge in [0.1, 0.15) is 5.75 Å². The maximum atomic E-state index is 12.9. The molecule has 3 rings (SSSR count). The quantitative estimate of drug-likeness (QED) is 0.616. The summed E-state index contributed by atoms with van der Waals surface area (Å²) >= 11 is 0. The Morgan fingerprint density at radius 3 is 2.64 bits per heavy atom. The Morgan fingerprint density at radius 1 is 1.18 bits per heavy atom. The molecule has 0 spiro atoms. The smallest absolute Gasteiger partial charge is 0.263 e. The number of amides is 1. The molecule has 1 amide bonds. The highest BCUT2D eigenvalue weighted by Gasteiger charge is 2.24. The van der Waals surface area contributed by atoms with E-state index in [1.807, 2.05) is 69.3 Å². The molecule has 28 heavy (non-hydrogen) atoms. The third-order valence-electron chi connectivity index (χ3n) is 4.51. The third-order valence-corrected chi connectivity index (χ3v) is 4.51. The van der Waals surface area contributed by atoms with Crippen molar-refractivity contribution in [1.29, 1.82) is 0 Å². The molecular formula is C22H25N3O3. The summed E-state index contributed by atoms with van der Waals surface area (Å²) in [5.74, 6) is 1.51. The fourth-order valence-corrected chi connectivity index (χ4v) is 2.85. The van der Waals surface area contributed by atoms with Gasteiger partial charge in [-0.05, 0) is 37.5 Å². The number of nitrogens with zero attached hydrogens (tertiary/aromatic N) is 3. The van der Waals surface area contributed by atoms with Crippen molar-refractivity contribution in [1.82, 2.24) is 15.0 Å². The third kappa shape index (κ3) is 4.57. The Hall–Kier alpha value is -3.15. The number of aryl methyl sites for hydroxylation is 2. The molecule has 0 aliphatic heterocycles. The summed E-state index contributed by atoms with van der Waals surface area (Å²) < 4.78 is 11.3. The first-order valence-electron chi connectivity index (χ1n) is 9.34. The highest BCUT2D eigenvalue weighted by atomic mass is 16.5. The molecular weight excluding hydrogens is 354 g/mol. The first-order chi connectivity index (χ1) is 13.5. The molecule has 1 atom stereocenters. The standard InChI is InChI=1S/C22H25N3O3/c1-5-18(27-19-13-15(2)11-12-16(19)3)22(26)25(4)14-20-23-21(24-28-20)17-9-7-6-8-10-17/h6-13,18H,5,14H2,1-4H3/t18-/m1/s1. The van der Waals surface area contributed by atoms with E-state index in [1.54, 1.807) is 11.9 Å². The van der Waals surface area contributed by atoms with E-state index < -0.39 is 6.10 Å². The zero-order valence-corrected chi connectivity index (χ0v) is 16.7. The van der Waals surface area contributed by atoms with E-state index in [9.17, 15) is 4.79 Å². The van der Waals surface area contributed by atoms with Gasteiger partial charge in [-0.3, -0.25) is 4.79 Å². The van der Waals surface area contributed by atoms with Gasteiger partial charge >= 0.3 is 0 Å². The van der Waals surface area contributed by atoms with Crippen molar-refractivity contribution >= 4 is 5.91 Å². The molecule has 0 saturated heterocycles. The molecule has 6 nitrogen and oxygen atoms in total. The highest BCUT2D eigenvalue weighted by molar-refractivity contribution is 5.81. The van der Waals surface area contributed by atoms with Crippen molar-refractivity contribution in [2.45, 2.75) is 39.8 Å². The number of aromatic nitrogens is 2. The fraction of sp³-hybridized carbons (Fsp3) is 0.318. The minimum atomic E-state index is -0.568. The largest absolute Gasteiger partial charge is 0.480 e. The monoisotopic (exact) mass is 379 g/mol. The number of carbonyl (C=O) groups is 1. The number of rotatable bonds is 7. The van der Waals surface area contributed by atoms with Gasteiger partial charge in [-0.1, -0.05) is 54.5 Å². The fourth-order valence-electron chi connectivity index (χ4n) is 2.85. The molecule has 3 aromatic rings. The van der Waals surface area contributed by atoms with Crippen molar-refractivity contribution in [3.05, 3.63) is 65.5 Å². The van der Waals surface area contributed by atoms with E-state index in [4.69, 9.17) is 9.26 Å². The number of benzene rings is 2. The molecule has 0 N–H and O–H groups in total. The summed E-state index contributed by atoms with van der Waals surface area (Å²) in [4.78, 5) is 18.8. The van der Waals surface area contributed by atoms with Crippen LogP contribution < -0.4 is 4.74 Å². The molecule has 0 bridgehead atoms. The molecule has 0 aliphatic carbocycles. The first kappa shape index (κ1) is 19.6. The van der Waals surface area contributed by atoms with Crippen LogP contribution in [-0.2, 0) is 11.3 Å². The van der Waals surface area contributed by atoms with Crippen molar-refractivity contribution < 1.29 is 14.1 Å². The maximum absolute atomic E-state index is 12.9. The summed E-state index contributed by atoms with van der Waals surface area (Å²) in [6, 6.07) is 15.6. The van der Waals surface area contributed by atoms with Crippen LogP contribution >= 0.6 is 0 Å². The lowest BCUT2D eigenvalue weighted by molar-refractivity contribution is -0.138. The van der Waals surface area contributed by atoms with Crippen molar-refractivity contribution in [2.24, 2.45) is 0 Å². The van der Waals surface area contributed by atoms with Crippen molar-refractivity contribution in [2.75, 3.05) is 7.05 Å². The van der Waals surface area contributed by atoms with E-state index in [2.05, 4.69) is 10.1 Å². The normalized spacial score (nSPS) is 11.9. The SMILES string of the molecule is CC[C@@H](Oc1cc(C)ccc1C)C(=O)N(C)Cc1nc(-c2ccccc2)no1. The second-order valence-corrected chi connectivity index (χ2v) is 6.86. The second-order valence-electron chi connectivity index (χ2n) is 6.86. The number of ether oxygens (including phenoxy) is 1. The van der Waals surface area contributed by atoms with Gasteiger partial charge in [-0.15, -0.1) is 0 Å². The van der Waals surface area contributed by atoms with Crippen molar-refractivity contribution in [3.8, 4) is 17.1 Å². The number of hydrogen-bond acceptors (Lipinski definition) is 5. The van der Waals surface area contributed by atoms with Crippen LogP contribution in [0.2, 0.25) is 0 Å². The predicted molar refractivity (Wildman–Crippen MR) is 107 cm³/mol. The minimum Gasteiger partial charge on any atom is -0.480 e. The average molecular weight is 379 g/mol. The predicted octanol–water partition coefficient (Wildman–Crippen LogP) is 4.17. The molecule has 1 heterocycles. The number of hydrogen-bond donors (Lipinski definition) is 0. The van der Waals surface area contributed by atoms with Gasteiger partial charge in [0.05, 0.1) is 6.54 Å². The summed E-state index contributed by atoms with van der Waals surface area (Å²) in [5.41, 5.74) is 2.97. The van der Waals surface area contributed by atoms with Gasteiger partial charge in [0.25, 0.3) is 5.91 Å². The summed E-state index contributed by atoms with van der Waals surface area (Å²) in [6.07, 6.45) is -0.00245. The van der Waals surface area contributed by atoms with Crippen LogP contribution in [0.1, 0.15) is 30.4 Å². The van der Waals surface area contributed by atoms with Gasteiger partial charge in [0, 0.05) is 12.6 Å². The summed E-state index contributed by atoms with van der Waals surface area (Å²) in [6.45, 7) is 6.13. The Labute approximate surface area is 165 Å². The van der Waals surface area contributed by atoms with Gasteiger partial charge in [-0.2, -0.15) is 4.98 Å². The average Bonchev–Trinajstić information content (AvgIpc) is 3.17. The Morgan fingerprint density at radius 2 is 1.93 bits per heavy atom. The summed E-state index contributed by atoms with van der Waals surface area (Å²) in [7, 11) is 1.71. The lowest BCUT2D eigenvalue weighted by Crippen LogP contribution is -2.39. The van der Waals surface area contributed by atoms with Gasteiger partial charge in [-0.25, -0.2) is 0 Å². The van der Waals surface area contributed by atoms with Crippen LogP contribution in [0, 0.1) is 13.8 Å². The molecule has 0 fully saturated rings. The second kappa shape index (κ2) is 8.69.